The Morgan fingerprint density at radius 3 is 2.29 bits per heavy atom. The number of carbonyl (C=O) groups excluding carboxylic acids is 2. The van der Waals surface area contributed by atoms with Gasteiger partial charge in [0.15, 0.2) is 0 Å². The van der Waals surface area contributed by atoms with Crippen molar-refractivity contribution in [2.45, 2.75) is 66.1 Å². The number of amides is 2. The fraction of sp³-hybridized carbons (Fsp3) is 0.462. The van der Waals surface area contributed by atoms with E-state index in [-0.39, 0.29) is 25.0 Å². The summed E-state index contributed by atoms with van der Waals surface area (Å²) in [5, 5.41) is 2.93. The molecule has 0 aliphatic heterocycles. The van der Waals surface area contributed by atoms with E-state index in [0.29, 0.717) is 12.1 Å². The maximum Gasteiger partial charge on any atom is 0.244 e. The van der Waals surface area contributed by atoms with Gasteiger partial charge in [0.1, 0.15) is 12.6 Å². The predicted molar refractivity (Wildman–Crippen MR) is 137 cm³/mol. The maximum absolute atomic E-state index is 13.6. The summed E-state index contributed by atoms with van der Waals surface area (Å²) in [4.78, 5) is 28.0. The molecule has 186 valence electrons. The number of para-hydroxylation sites is 1. The number of hydrogen-bond acceptors (Lipinski definition) is 4. The van der Waals surface area contributed by atoms with Gasteiger partial charge in [0.2, 0.25) is 21.8 Å². The third kappa shape index (κ3) is 7.32. The third-order valence-electron chi connectivity index (χ3n) is 5.92. The second-order valence-electron chi connectivity index (χ2n) is 8.76. The first-order valence-electron chi connectivity index (χ1n) is 11.7. The first-order chi connectivity index (χ1) is 16.0. The van der Waals surface area contributed by atoms with Crippen molar-refractivity contribution in [1.82, 2.24) is 10.2 Å². The highest BCUT2D eigenvalue weighted by molar-refractivity contribution is 7.92. The largest absolute Gasteiger partial charge is 0.352 e. The Hall–Kier alpha value is -2.87. The molecular formula is C26H37N3O4S. The van der Waals surface area contributed by atoms with Crippen molar-refractivity contribution in [2.24, 2.45) is 0 Å². The average Bonchev–Trinajstić information content (AvgIpc) is 2.79. The van der Waals surface area contributed by atoms with E-state index in [4.69, 9.17) is 0 Å². The van der Waals surface area contributed by atoms with Crippen molar-refractivity contribution < 1.29 is 18.0 Å². The van der Waals surface area contributed by atoms with Crippen molar-refractivity contribution in [2.75, 3.05) is 17.1 Å². The second-order valence-corrected chi connectivity index (χ2v) is 10.7. The predicted octanol–water partition coefficient (Wildman–Crippen LogP) is 3.66. The number of benzene rings is 2. The molecule has 1 N–H and O–H groups in total. The van der Waals surface area contributed by atoms with Crippen LogP contribution >= 0.6 is 0 Å². The van der Waals surface area contributed by atoms with Crippen LogP contribution in [0.4, 0.5) is 5.69 Å². The van der Waals surface area contributed by atoms with Crippen molar-refractivity contribution in [3.63, 3.8) is 0 Å². The Balaban J connectivity index is 2.42. The van der Waals surface area contributed by atoms with Crippen LogP contribution in [-0.2, 0) is 32.6 Å². The lowest BCUT2D eigenvalue weighted by Gasteiger charge is -2.32. The summed E-state index contributed by atoms with van der Waals surface area (Å²) in [6.45, 7) is 9.26. The second kappa shape index (κ2) is 12.0. The van der Waals surface area contributed by atoms with Gasteiger partial charge in [-0.3, -0.25) is 13.9 Å². The van der Waals surface area contributed by atoms with Gasteiger partial charge in [0.05, 0.1) is 11.9 Å². The van der Waals surface area contributed by atoms with E-state index >= 15 is 0 Å². The van der Waals surface area contributed by atoms with E-state index in [9.17, 15) is 18.0 Å². The first-order valence-corrected chi connectivity index (χ1v) is 13.5. The molecule has 8 heteroatoms. The number of hydrogen-bond donors (Lipinski definition) is 1. The van der Waals surface area contributed by atoms with Gasteiger partial charge < -0.3 is 10.2 Å². The quantitative estimate of drug-likeness (QED) is 0.524. The van der Waals surface area contributed by atoms with Gasteiger partial charge in [-0.1, -0.05) is 61.9 Å². The van der Waals surface area contributed by atoms with Crippen LogP contribution in [0.1, 0.15) is 50.8 Å². The smallest absolute Gasteiger partial charge is 0.244 e. The Kier molecular flexibility index (Phi) is 9.67. The molecule has 0 aromatic heterocycles. The summed E-state index contributed by atoms with van der Waals surface area (Å²) in [6.07, 6.45) is 2.48. The van der Waals surface area contributed by atoms with Gasteiger partial charge in [0.25, 0.3) is 0 Å². The molecule has 0 aliphatic rings. The van der Waals surface area contributed by atoms with Crippen LogP contribution in [0.25, 0.3) is 0 Å². The Bertz CT molecular complexity index is 1100. The Labute approximate surface area is 204 Å². The van der Waals surface area contributed by atoms with Crippen LogP contribution in [0.15, 0.2) is 48.5 Å². The molecule has 2 amide bonds. The maximum atomic E-state index is 13.6. The van der Waals surface area contributed by atoms with E-state index < -0.39 is 22.0 Å². The van der Waals surface area contributed by atoms with E-state index in [1.807, 2.05) is 64.1 Å². The molecule has 0 saturated heterocycles. The van der Waals surface area contributed by atoms with Crippen LogP contribution in [-0.4, -0.2) is 50.0 Å². The zero-order valence-corrected chi connectivity index (χ0v) is 21.9. The Morgan fingerprint density at radius 1 is 1.03 bits per heavy atom. The van der Waals surface area contributed by atoms with Crippen molar-refractivity contribution >= 4 is 27.5 Å². The molecule has 2 atom stereocenters. The molecule has 0 fully saturated rings. The summed E-state index contributed by atoms with van der Waals surface area (Å²) in [6, 6.07) is 14.1. The van der Waals surface area contributed by atoms with Gasteiger partial charge in [-0.2, -0.15) is 0 Å². The number of aryl methyl sites for hydroxylation is 2. The molecule has 2 aromatic carbocycles. The molecule has 0 bridgehead atoms. The lowest BCUT2D eigenvalue weighted by atomic mass is 10.1. The van der Waals surface area contributed by atoms with Gasteiger partial charge in [-0.25, -0.2) is 8.42 Å². The van der Waals surface area contributed by atoms with E-state index in [1.165, 1.54) is 4.90 Å². The van der Waals surface area contributed by atoms with Crippen molar-refractivity contribution in [3.05, 3.63) is 65.2 Å². The summed E-state index contributed by atoms with van der Waals surface area (Å²) in [5.41, 5.74) is 3.22. The molecule has 2 aromatic rings. The van der Waals surface area contributed by atoms with E-state index in [0.717, 1.165) is 33.7 Å². The van der Waals surface area contributed by atoms with Gasteiger partial charge in [0, 0.05) is 12.6 Å². The Morgan fingerprint density at radius 2 is 1.71 bits per heavy atom. The average molecular weight is 488 g/mol. The van der Waals surface area contributed by atoms with Gasteiger partial charge >= 0.3 is 0 Å². The van der Waals surface area contributed by atoms with Crippen LogP contribution in [0, 0.1) is 6.92 Å². The molecule has 7 nitrogen and oxygen atoms in total. The van der Waals surface area contributed by atoms with E-state index in [1.54, 1.807) is 19.1 Å². The highest BCUT2D eigenvalue weighted by Gasteiger charge is 2.31. The molecule has 0 radical (unpaired) electrons. The fourth-order valence-corrected chi connectivity index (χ4v) is 4.58. The zero-order chi connectivity index (χ0) is 25.5. The number of sulfonamides is 1. The number of carbonyl (C=O) groups is 2. The molecule has 0 saturated carbocycles. The van der Waals surface area contributed by atoms with Crippen molar-refractivity contribution in [1.29, 1.82) is 0 Å². The minimum Gasteiger partial charge on any atom is -0.352 e. The standard InChI is InChI=1S/C26H37N3O4S/c1-7-20(4)27-26(31)21(5)28(17-22-13-11-12-19(3)16-22)25(30)18-29(34(6,32)33)24-15-10-9-14-23(24)8-2/h9-16,20-21H,7-8,17-18H2,1-6H3,(H,27,31). The molecule has 0 heterocycles. The molecule has 2 rings (SSSR count). The summed E-state index contributed by atoms with van der Waals surface area (Å²) in [5.74, 6) is -0.708. The monoisotopic (exact) mass is 487 g/mol. The lowest BCUT2D eigenvalue weighted by molar-refractivity contribution is -0.139. The molecule has 2 unspecified atom stereocenters. The number of rotatable bonds is 11. The number of nitrogens with zero attached hydrogens (tertiary/aromatic N) is 2. The van der Waals surface area contributed by atoms with Crippen LogP contribution < -0.4 is 9.62 Å². The van der Waals surface area contributed by atoms with E-state index in [2.05, 4.69) is 5.32 Å². The molecular weight excluding hydrogens is 450 g/mol. The molecule has 0 spiro atoms. The summed E-state index contributed by atoms with van der Waals surface area (Å²) < 4.78 is 26.6. The topological polar surface area (TPSA) is 86.8 Å². The normalized spacial score (nSPS) is 13.1. The minimum atomic E-state index is -3.74. The summed E-state index contributed by atoms with van der Waals surface area (Å²) in [7, 11) is -3.74. The SMILES string of the molecule is CCc1ccccc1N(CC(=O)N(Cc1cccc(C)c1)C(C)C(=O)NC(C)CC)S(C)(=O)=O. The van der Waals surface area contributed by atoms with Crippen LogP contribution in [0.3, 0.4) is 0 Å². The van der Waals surface area contributed by atoms with Gasteiger partial charge in [-0.05, 0) is 50.8 Å². The number of nitrogens with one attached hydrogen (secondary N) is 1. The zero-order valence-electron chi connectivity index (χ0n) is 21.0. The lowest BCUT2D eigenvalue weighted by Crippen LogP contribution is -2.52. The highest BCUT2D eigenvalue weighted by atomic mass is 32.2. The van der Waals surface area contributed by atoms with Crippen LogP contribution in [0.5, 0.6) is 0 Å². The summed E-state index contributed by atoms with van der Waals surface area (Å²) >= 11 is 0. The van der Waals surface area contributed by atoms with Gasteiger partial charge in [-0.15, -0.1) is 0 Å². The van der Waals surface area contributed by atoms with Crippen molar-refractivity contribution in [3.8, 4) is 0 Å². The molecule has 34 heavy (non-hydrogen) atoms. The minimum absolute atomic E-state index is 0.0326. The number of anilines is 1. The fourth-order valence-electron chi connectivity index (χ4n) is 3.70. The third-order valence-corrected chi connectivity index (χ3v) is 7.05. The molecule has 0 aliphatic carbocycles. The first kappa shape index (κ1) is 27.4. The highest BCUT2D eigenvalue weighted by Crippen LogP contribution is 2.24. The van der Waals surface area contributed by atoms with Crippen LogP contribution in [0.2, 0.25) is 0 Å².